The van der Waals surface area contributed by atoms with E-state index < -0.39 is 10.0 Å². The van der Waals surface area contributed by atoms with Gasteiger partial charge in [0.2, 0.25) is 0 Å². The van der Waals surface area contributed by atoms with Crippen molar-refractivity contribution < 1.29 is 8.42 Å². The van der Waals surface area contributed by atoms with Gasteiger partial charge in [-0.3, -0.25) is 0 Å². The Labute approximate surface area is 158 Å². The van der Waals surface area contributed by atoms with Gasteiger partial charge in [-0.1, -0.05) is 48.0 Å². The first kappa shape index (κ1) is 17.2. The maximum absolute atomic E-state index is 13.4. The predicted molar refractivity (Wildman–Crippen MR) is 108 cm³/mol. The largest absolute Gasteiger partial charge is 0.274 e. The molecule has 0 aromatic heterocycles. The van der Waals surface area contributed by atoms with E-state index in [-0.39, 0.29) is 0 Å². The number of sulfonamides is 1. The molecule has 4 rings (SSSR count). The zero-order valence-electron chi connectivity index (χ0n) is 14.9. The summed E-state index contributed by atoms with van der Waals surface area (Å²) >= 11 is 1.27. The molecule has 0 saturated heterocycles. The van der Waals surface area contributed by atoms with Crippen LogP contribution in [0.2, 0.25) is 0 Å². The quantitative estimate of drug-likeness (QED) is 0.551. The first-order valence-corrected chi connectivity index (χ1v) is 10.6. The predicted octanol–water partition coefficient (Wildman–Crippen LogP) is 5.49. The summed E-state index contributed by atoms with van der Waals surface area (Å²) in [4.78, 5) is 1.26. The average molecular weight is 382 g/mol. The normalized spacial score (nSPS) is 13.3. The van der Waals surface area contributed by atoms with Gasteiger partial charge in [-0.15, -0.1) is 0 Å². The van der Waals surface area contributed by atoms with Crippen molar-refractivity contribution in [2.45, 2.75) is 30.6 Å². The monoisotopic (exact) mass is 381 g/mol. The van der Waals surface area contributed by atoms with Gasteiger partial charge in [0, 0.05) is 22.4 Å². The smallest absolute Gasteiger partial charge is 0.202 e. The summed E-state index contributed by atoms with van der Waals surface area (Å²) in [5.74, 6) is 0. The summed E-state index contributed by atoms with van der Waals surface area (Å²) in [5.41, 5.74) is 5.90. The molecular formula is C21H19NO2S2. The number of aryl methyl sites for hydroxylation is 3. The fraction of sp³-hybridized carbons (Fsp3) is 0.143. The molecule has 0 bridgehead atoms. The molecule has 3 nitrogen and oxygen atoms in total. The zero-order valence-corrected chi connectivity index (χ0v) is 16.5. The SMILES string of the molecule is Cc1ccc(S(=O)(=O)N2Sc3ccccc3-c3c(C)ccc(C)c32)cc1. The van der Waals surface area contributed by atoms with Crippen LogP contribution < -0.4 is 3.71 Å². The van der Waals surface area contributed by atoms with Crippen molar-refractivity contribution in [3.63, 3.8) is 0 Å². The summed E-state index contributed by atoms with van der Waals surface area (Å²) in [5, 5.41) is 0. The Balaban J connectivity index is 1.98. The molecular weight excluding hydrogens is 362 g/mol. The van der Waals surface area contributed by atoms with Crippen LogP contribution in [0.5, 0.6) is 0 Å². The van der Waals surface area contributed by atoms with Crippen LogP contribution in [0, 0.1) is 20.8 Å². The van der Waals surface area contributed by atoms with E-state index in [1.165, 1.54) is 15.7 Å². The number of rotatable bonds is 2. The lowest BCUT2D eigenvalue weighted by Gasteiger charge is -2.32. The van der Waals surface area contributed by atoms with E-state index in [9.17, 15) is 8.42 Å². The number of benzene rings is 3. The van der Waals surface area contributed by atoms with Crippen molar-refractivity contribution in [2.75, 3.05) is 3.71 Å². The van der Waals surface area contributed by atoms with Gasteiger partial charge in [0.25, 0.3) is 10.0 Å². The van der Waals surface area contributed by atoms with Crippen molar-refractivity contribution >= 4 is 27.7 Å². The molecule has 5 heteroatoms. The first-order chi connectivity index (χ1) is 12.4. The van der Waals surface area contributed by atoms with E-state index in [4.69, 9.17) is 0 Å². The van der Waals surface area contributed by atoms with Crippen LogP contribution in [0.4, 0.5) is 5.69 Å². The van der Waals surface area contributed by atoms with Gasteiger partial charge in [0.15, 0.2) is 0 Å². The molecule has 0 radical (unpaired) electrons. The summed E-state index contributed by atoms with van der Waals surface area (Å²) in [6.07, 6.45) is 0. The highest BCUT2D eigenvalue weighted by Crippen LogP contribution is 2.51. The van der Waals surface area contributed by atoms with Gasteiger partial charge in [-0.2, -0.15) is 0 Å². The van der Waals surface area contributed by atoms with Gasteiger partial charge in [-0.25, -0.2) is 12.1 Å². The molecule has 3 aromatic rings. The second-order valence-electron chi connectivity index (χ2n) is 6.56. The standard InChI is InChI=1S/C21H19NO2S2/c1-14-8-12-17(13-9-14)26(23,24)22-21-16(3)11-10-15(2)20(21)18-6-4-5-7-19(18)25-22/h4-13H,1-3H3. The Bertz CT molecular complexity index is 1100. The fourth-order valence-corrected chi connectivity index (χ4v) is 6.19. The second kappa shape index (κ2) is 6.18. The summed E-state index contributed by atoms with van der Waals surface area (Å²) in [7, 11) is -3.68. The fourth-order valence-electron chi connectivity index (χ4n) is 3.23. The molecule has 0 aliphatic carbocycles. The van der Waals surface area contributed by atoms with E-state index in [1.807, 2.05) is 57.2 Å². The Morgan fingerprint density at radius 2 is 1.46 bits per heavy atom. The van der Waals surface area contributed by atoms with E-state index in [1.54, 1.807) is 12.1 Å². The Kier molecular flexibility index (Phi) is 4.09. The molecule has 3 aromatic carbocycles. The van der Waals surface area contributed by atoms with Crippen LogP contribution in [0.3, 0.4) is 0 Å². The van der Waals surface area contributed by atoms with Crippen LogP contribution in [-0.4, -0.2) is 8.42 Å². The van der Waals surface area contributed by atoms with Gasteiger partial charge < -0.3 is 0 Å². The highest BCUT2D eigenvalue weighted by Gasteiger charge is 2.34. The lowest BCUT2D eigenvalue weighted by molar-refractivity contribution is 0.598. The van der Waals surface area contributed by atoms with Crippen molar-refractivity contribution in [3.8, 4) is 11.1 Å². The minimum Gasteiger partial charge on any atom is -0.202 e. The second-order valence-corrected chi connectivity index (χ2v) is 9.56. The number of hydrogen-bond acceptors (Lipinski definition) is 3. The van der Waals surface area contributed by atoms with Crippen LogP contribution in [0.15, 0.2) is 70.5 Å². The third kappa shape index (κ3) is 2.63. The molecule has 1 aliphatic rings. The molecule has 0 unspecified atom stereocenters. The third-order valence-corrected chi connectivity index (χ3v) is 7.85. The Hall–Kier alpha value is -2.24. The summed E-state index contributed by atoms with van der Waals surface area (Å²) < 4.78 is 28.4. The minimum absolute atomic E-state index is 0.307. The van der Waals surface area contributed by atoms with Crippen LogP contribution >= 0.6 is 11.9 Å². The van der Waals surface area contributed by atoms with Gasteiger partial charge in [0.05, 0.1) is 10.6 Å². The molecule has 0 amide bonds. The number of fused-ring (bicyclic) bond motifs is 3. The maximum atomic E-state index is 13.4. The molecule has 0 saturated carbocycles. The van der Waals surface area contributed by atoms with E-state index in [2.05, 4.69) is 12.1 Å². The average Bonchev–Trinajstić information content (AvgIpc) is 2.64. The lowest BCUT2D eigenvalue weighted by Crippen LogP contribution is -2.27. The van der Waals surface area contributed by atoms with Crippen molar-refractivity contribution in [1.29, 1.82) is 0 Å². The molecule has 0 spiro atoms. The highest BCUT2D eigenvalue weighted by molar-refractivity contribution is 8.14. The molecule has 132 valence electrons. The molecule has 0 fully saturated rings. The van der Waals surface area contributed by atoms with Crippen LogP contribution in [0.25, 0.3) is 11.1 Å². The molecule has 26 heavy (non-hydrogen) atoms. The van der Waals surface area contributed by atoms with Gasteiger partial charge in [0.1, 0.15) is 0 Å². The van der Waals surface area contributed by atoms with Crippen molar-refractivity contribution in [2.24, 2.45) is 0 Å². The molecule has 1 aliphatic heterocycles. The van der Waals surface area contributed by atoms with Crippen molar-refractivity contribution in [1.82, 2.24) is 0 Å². The number of nitrogens with zero attached hydrogens (tertiary/aromatic N) is 1. The minimum atomic E-state index is -3.68. The molecule has 0 N–H and O–H groups in total. The summed E-state index contributed by atoms with van der Waals surface area (Å²) in [6.45, 7) is 5.94. The number of anilines is 1. The Morgan fingerprint density at radius 1 is 0.808 bits per heavy atom. The highest BCUT2D eigenvalue weighted by atomic mass is 32.3. The zero-order chi connectivity index (χ0) is 18.5. The van der Waals surface area contributed by atoms with Gasteiger partial charge >= 0.3 is 0 Å². The maximum Gasteiger partial charge on any atom is 0.274 e. The lowest BCUT2D eigenvalue weighted by atomic mass is 9.96. The number of hydrogen-bond donors (Lipinski definition) is 0. The van der Waals surface area contributed by atoms with Crippen molar-refractivity contribution in [3.05, 3.63) is 77.4 Å². The van der Waals surface area contributed by atoms with Crippen LogP contribution in [0.1, 0.15) is 16.7 Å². The van der Waals surface area contributed by atoms with Crippen LogP contribution in [-0.2, 0) is 10.0 Å². The topological polar surface area (TPSA) is 37.4 Å². The molecule has 1 heterocycles. The van der Waals surface area contributed by atoms with Gasteiger partial charge in [-0.05, 0) is 55.7 Å². The third-order valence-electron chi connectivity index (χ3n) is 4.65. The Morgan fingerprint density at radius 3 is 2.19 bits per heavy atom. The van der Waals surface area contributed by atoms with E-state index >= 15 is 0 Å². The van der Waals surface area contributed by atoms with E-state index in [0.717, 1.165) is 38.4 Å². The summed E-state index contributed by atoms with van der Waals surface area (Å²) in [6, 6.07) is 19.0. The first-order valence-electron chi connectivity index (χ1n) is 8.39. The molecule has 0 atom stereocenters. The van der Waals surface area contributed by atoms with E-state index in [0.29, 0.717) is 4.90 Å².